The molecule has 1 amide bonds. The SMILES string of the molecule is Cc1ccc(S[C@H](C)C(=O)Nc2cc(F)ccc2F)cc1C. The third-order valence-electron chi connectivity index (χ3n) is 3.35. The van der Waals surface area contributed by atoms with Gasteiger partial charge in [0, 0.05) is 11.0 Å². The average Bonchev–Trinajstić information content (AvgIpc) is 2.46. The Kier molecular flexibility index (Phi) is 5.19. The second kappa shape index (κ2) is 6.92. The summed E-state index contributed by atoms with van der Waals surface area (Å²) in [5.41, 5.74) is 2.19. The topological polar surface area (TPSA) is 29.1 Å². The number of anilines is 1. The van der Waals surface area contributed by atoms with E-state index in [2.05, 4.69) is 5.32 Å². The van der Waals surface area contributed by atoms with Crippen molar-refractivity contribution in [2.45, 2.75) is 30.9 Å². The predicted molar refractivity (Wildman–Crippen MR) is 86.2 cm³/mol. The molecule has 0 saturated heterocycles. The van der Waals surface area contributed by atoms with Gasteiger partial charge in [0.1, 0.15) is 11.6 Å². The van der Waals surface area contributed by atoms with Crippen LogP contribution >= 0.6 is 11.8 Å². The van der Waals surface area contributed by atoms with Crippen LogP contribution in [0.2, 0.25) is 0 Å². The highest BCUT2D eigenvalue weighted by Gasteiger charge is 2.16. The second-order valence-corrected chi connectivity index (χ2v) is 6.53. The van der Waals surface area contributed by atoms with E-state index in [0.717, 1.165) is 28.7 Å². The highest BCUT2D eigenvalue weighted by molar-refractivity contribution is 8.00. The fraction of sp³-hybridized carbons (Fsp3) is 0.235. The lowest BCUT2D eigenvalue weighted by molar-refractivity contribution is -0.115. The maximum absolute atomic E-state index is 13.5. The number of aryl methyl sites for hydroxylation is 2. The molecule has 0 bridgehead atoms. The zero-order valence-electron chi connectivity index (χ0n) is 12.6. The van der Waals surface area contributed by atoms with Crippen LogP contribution in [0.3, 0.4) is 0 Å². The summed E-state index contributed by atoms with van der Waals surface area (Å²) in [5.74, 6) is -1.61. The highest BCUT2D eigenvalue weighted by Crippen LogP contribution is 2.26. The smallest absolute Gasteiger partial charge is 0.237 e. The number of carbonyl (C=O) groups is 1. The van der Waals surface area contributed by atoms with E-state index >= 15 is 0 Å². The molecule has 0 aromatic heterocycles. The normalized spacial score (nSPS) is 12.0. The molecule has 1 N–H and O–H groups in total. The molecule has 0 saturated carbocycles. The summed E-state index contributed by atoms with van der Waals surface area (Å²) in [6.07, 6.45) is 0. The minimum atomic E-state index is -0.655. The molecule has 0 spiro atoms. The Labute approximate surface area is 132 Å². The van der Waals surface area contributed by atoms with E-state index < -0.39 is 16.9 Å². The number of thioether (sulfide) groups is 1. The standard InChI is InChI=1S/C17H17F2NOS/c1-10-4-6-14(8-11(10)2)22-12(3)17(21)20-16-9-13(18)5-7-15(16)19/h4-9,12H,1-3H3,(H,20,21)/t12-/m1/s1. The number of amides is 1. The van der Waals surface area contributed by atoms with Crippen molar-refractivity contribution < 1.29 is 13.6 Å². The van der Waals surface area contributed by atoms with Crippen molar-refractivity contribution in [2.75, 3.05) is 5.32 Å². The summed E-state index contributed by atoms with van der Waals surface area (Å²) < 4.78 is 26.6. The highest BCUT2D eigenvalue weighted by atomic mass is 32.2. The first kappa shape index (κ1) is 16.5. The molecule has 0 fully saturated rings. The summed E-state index contributed by atoms with van der Waals surface area (Å²) >= 11 is 1.38. The summed E-state index contributed by atoms with van der Waals surface area (Å²) in [7, 11) is 0. The molecule has 2 rings (SSSR count). The fourth-order valence-electron chi connectivity index (χ4n) is 1.87. The quantitative estimate of drug-likeness (QED) is 0.827. The van der Waals surface area contributed by atoms with E-state index in [1.807, 2.05) is 32.0 Å². The van der Waals surface area contributed by atoms with Gasteiger partial charge in [0.25, 0.3) is 0 Å². The van der Waals surface area contributed by atoms with Crippen molar-refractivity contribution in [3.05, 3.63) is 59.2 Å². The molecular weight excluding hydrogens is 304 g/mol. The Morgan fingerprint density at radius 1 is 1.09 bits per heavy atom. The second-order valence-electron chi connectivity index (χ2n) is 5.12. The van der Waals surface area contributed by atoms with Crippen LogP contribution in [-0.4, -0.2) is 11.2 Å². The molecule has 1 atom stereocenters. The molecule has 0 heterocycles. The monoisotopic (exact) mass is 321 g/mol. The van der Waals surface area contributed by atoms with Crippen LogP contribution in [-0.2, 0) is 4.79 Å². The van der Waals surface area contributed by atoms with Gasteiger partial charge in [-0.3, -0.25) is 4.79 Å². The van der Waals surface area contributed by atoms with E-state index in [1.165, 1.54) is 17.3 Å². The van der Waals surface area contributed by atoms with E-state index in [-0.39, 0.29) is 11.6 Å². The van der Waals surface area contributed by atoms with Gasteiger partial charge in [-0.05, 0) is 56.2 Å². The molecule has 2 nitrogen and oxygen atoms in total. The number of nitrogens with one attached hydrogen (secondary N) is 1. The van der Waals surface area contributed by atoms with Crippen molar-refractivity contribution in [1.82, 2.24) is 0 Å². The van der Waals surface area contributed by atoms with Crippen LogP contribution in [0.4, 0.5) is 14.5 Å². The van der Waals surface area contributed by atoms with Gasteiger partial charge in [-0.2, -0.15) is 0 Å². The molecule has 0 aliphatic heterocycles. The Bertz CT molecular complexity index is 703. The predicted octanol–water partition coefficient (Wildman–Crippen LogP) is 4.70. The lowest BCUT2D eigenvalue weighted by atomic mass is 10.1. The van der Waals surface area contributed by atoms with Crippen molar-refractivity contribution in [3.63, 3.8) is 0 Å². The summed E-state index contributed by atoms with van der Waals surface area (Å²) in [5, 5.41) is 2.00. The Morgan fingerprint density at radius 3 is 2.50 bits per heavy atom. The molecule has 0 aliphatic rings. The van der Waals surface area contributed by atoms with Crippen LogP contribution < -0.4 is 5.32 Å². The van der Waals surface area contributed by atoms with Gasteiger partial charge >= 0.3 is 0 Å². The molecule has 0 unspecified atom stereocenters. The van der Waals surface area contributed by atoms with E-state index in [4.69, 9.17) is 0 Å². The number of hydrogen-bond donors (Lipinski definition) is 1. The molecule has 2 aromatic carbocycles. The van der Waals surface area contributed by atoms with Gasteiger partial charge in [0.2, 0.25) is 5.91 Å². The Morgan fingerprint density at radius 2 is 1.82 bits per heavy atom. The maximum Gasteiger partial charge on any atom is 0.237 e. The molecule has 116 valence electrons. The zero-order valence-corrected chi connectivity index (χ0v) is 13.4. The lowest BCUT2D eigenvalue weighted by Gasteiger charge is -2.13. The maximum atomic E-state index is 13.5. The van der Waals surface area contributed by atoms with Crippen LogP contribution in [0.1, 0.15) is 18.1 Å². The number of halogens is 2. The van der Waals surface area contributed by atoms with Crippen LogP contribution in [0.15, 0.2) is 41.3 Å². The largest absolute Gasteiger partial charge is 0.323 e. The fourth-order valence-corrected chi connectivity index (χ4v) is 2.84. The number of hydrogen-bond acceptors (Lipinski definition) is 2. The number of rotatable bonds is 4. The minimum absolute atomic E-state index is 0.141. The van der Waals surface area contributed by atoms with Crippen LogP contribution in [0.5, 0.6) is 0 Å². The van der Waals surface area contributed by atoms with Gasteiger partial charge < -0.3 is 5.32 Å². The van der Waals surface area contributed by atoms with Crippen molar-refractivity contribution in [1.29, 1.82) is 0 Å². The first-order valence-electron chi connectivity index (χ1n) is 6.86. The first-order chi connectivity index (χ1) is 10.4. The van der Waals surface area contributed by atoms with Gasteiger partial charge in [0.05, 0.1) is 10.9 Å². The van der Waals surface area contributed by atoms with Gasteiger partial charge in [-0.15, -0.1) is 11.8 Å². The van der Waals surface area contributed by atoms with Gasteiger partial charge in [-0.25, -0.2) is 8.78 Å². The first-order valence-corrected chi connectivity index (χ1v) is 7.74. The van der Waals surface area contributed by atoms with Crippen molar-refractivity contribution >= 4 is 23.4 Å². The average molecular weight is 321 g/mol. The van der Waals surface area contributed by atoms with E-state index in [9.17, 15) is 13.6 Å². The van der Waals surface area contributed by atoms with Crippen molar-refractivity contribution in [3.8, 4) is 0 Å². The zero-order chi connectivity index (χ0) is 16.3. The van der Waals surface area contributed by atoms with Gasteiger partial charge in [-0.1, -0.05) is 6.07 Å². The molecule has 2 aromatic rings. The molecular formula is C17H17F2NOS. The van der Waals surface area contributed by atoms with Crippen LogP contribution in [0.25, 0.3) is 0 Å². The lowest BCUT2D eigenvalue weighted by Crippen LogP contribution is -2.23. The third-order valence-corrected chi connectivity index (χ3v) is 4.44. The third kappa shape index (κ3) is 4.07. The number of benzene rings is 2. The minimum Gasteiger partial charge on any atom is -0.323 e. The molecule has 22 heavy (non-hydrogen) atoms. The molecule has 0 aliphatic carbocycles. The Balaban J connectivity index is 2.05. The van der Waals surface area contributed by atoms with Crippen molar-refractivity contribution in [2.24, 2.45) is 0 Å². The van der Waals surface area contributed by atoms with E-state index in [0.29, 0.717) is 0 Å². The number of carbonyl (C=O) groups excluding carboxylic acids is 1. The Hall–Kier alpha value is -1.88. The van der Waals surface area contributed by atoms with E-state index in [1.54, 1.807) is 6.92 Å². The summed E-state index contributed by atoms with van der Waals surface area (Å²) in [4.78, 5) is 13.1. The molecule has 0 radical (unpaired) electrons. The summed E-state index contributed by atoms with van der Waals surface area (Å²) in [6.45, 7) is 5.76. The van der Waals surface area contributed by atoms with Crippen LogP contribution in [0, 0.1) is 25.5 Å². The summed E-state index contributed by atoms with van der Waals surface area (Å²) in [6, 6.07) is 8.92. The molecule has 5 heteroatoms. The van der Waals surface area contributed by atoms with Gasteiger partial charge in [0.15, 0.2) is 0 Å².